The van der Waals surface area contributed by atoms with Gasteiger partial charge in [0.15, 0.2) is 0 Å². The van der Waals surface area contributed by atoms with Crippen molar-refractivity contribution in [2.24, 2.45) is 0 Å². The number of rotatable bonds is 4. The number of carbonyl (C=O) groups excluding carboxylic acids is 1. The van der Waals surface area contributed by atoms with Crippen LogP contribution in [0.1, 0.15) is 5.56 Å². The molecule has 6 nitrogen and oxygen atoms in total. The molecule has 3 aromatic rings. The first-order valence-corrected chi connectivity index (χ1v) is 8.52. The van der Waals surface area contributed by atoms with Crippen molar-refractivity contribution in [2.45, 2.75) is 6.54 Å². The van der Waals surface area contributed by atoms with E-state index in [9.17, 15) is 9.59 Å². The van der Waals surface area contributed by atoms with E-state index in [2.05, 4.69) is 22.1 Å². The Labute approximate surface area is 157 Å². The van der Waals surface area contributed by atoms with Gasteiger partial charge in [-0.25, -0.2) is 4.98 Å². The number of nitrogens with zero attached hydrogens (tertiary/aromatic N) is 3. The van der Waals surface area contributed by atoms with Crippen LogP contribution in [0.4, 0.5) is 5.69 Å². The van der Waals surface area contributed by atoms with Gasteiger partial charge in [0.1, 0.15) is 6.54 Å². The number of anilines is 1. The summed E-state index contributed by atoms with van der Waals surface area (Å²) < 4.78 is 1.30. The van der Waals surface area contributed by atoms with E-state index < -0.39 is 0 Å². The van der Waals surface area contributed by atoms with Gasteiger partial charge in [-0.2, -0.15) is 0 Å². The summed E-state index contributed by atoms with van der Waals surface area (Å²) in [5.74, 6) is 5.72. The Morgan fingerprint density at radius 1 is 1.15 bits per heavy atom. The normalized spacial score (nSPS) is 10.1. The third-order valence-electron chi connectivity index (χ3n) is 4.03. The first-order chi connectivity index (χ1) is 13.1. The van der Waals surface area contributed by atoms with E-state index in [0.29, 0.717) is 10.9 Å². The van der Waals surface area contributed by atoms with E-state index in [1.54, 1.807) is 18.2 Å². The highest BCUT2D eigenvalue weighted by atomic mass is 16.2. The van der Waals surface area contributed by atoms with Crippen molar-refractivity contribution in [3.05, 3.63) is 70.8 Å². The predicted molar refractivity (Wildman–Crippen MR) is 107 cm³/mol. The first-order valence-electron chi connectivity index (χ1n) is 8.52. The second-order valence-electron chi connectivity index (χ2n) is 6.18. The van der Waals surface area contributed by atoms with Crippen LogP contribution in [0.5, 0.6) is 0 Å². The molecule has 1 aromatic heterocycles. The van der Waals surface area contributed by atoms with E-state index in [0.717, 1.165) is 11.3 Å². The molecule has 1 heterocycles. The number of aromatic nitrogens is 2. The van der Waals surface area contributed by atoms with Crippen molar-refractivity contribution in [2.75, 3.05) is 25.5 Å². The van der Waals surface area contributed by atoms with Gasteiger partial charge < -0.3 is 10.2 Å². The number of para-hydroxylation sites is 2. The van der Waals surface area contributed by atoms with Crippen LogP contribution in [-0.4, -0.2) is 36.1 Å². The number of benzene rings is 2. The van der Waals surface area contributed by atoms with Crippen LogP contribution < -0.4 is 15.8 Å². The highest BCUT2D eigenvalue weighted by Gasteiger charge is 2.07. The average molecular weight is 360 g/mol. The molecule has 1 amide bonds. The number of fused-ring (bicyclic) bond motifs is 1. The summed E-state index contributed by atoms with van der Waals surface area (Å²) in [6, 6.07) is 14.9. The summed E-state index contributed by atoms with van der Waals surface area (Å²) in [6.07, 6.45) is 1.39. The highest BCUT2D eigenvalue weighted by molar-refractivity contribution is 5.79. The van der Waals surface area contributed by atoms with Gasteiger partial charge in [-0.1, -0.05) is 36.1 Å². The number of hydrogen-bond acceptors (Lipinski definition) is 4. The molecule has 3 rings (SSSR count). The molecule has 2 aromatic carbocycles. The minimum atomic E-state index is -0.288. The van der Waals surface area contributed by atoms with E-state index in [1.165, 1.54) is 10.9 Å². The molecule has 0 saturated carbocycles. The van der Waals surface area contributed by atoms with Crippen LogP contribution in [0, 0.1) is 11.8 Å². The maximum absolute atomic E-state index is 12.4. The number of nitrogens with one attached hydrogen (secondary N) is 1. The molecule has 0 saturated heterocycles. The Kier molecular flexibility index (Phi) is 5.53. The lowest BCUT2D eigenvalue weighted by Crippen LogP contribution is -2.32. The monoisotopic (exact) mass is 360 g/mol. The van der Waals surface area contributed by atoms with Crippen molar-refractivity contribution in [1.29, 1.82) is 0 Å². The van der Waals surface area contributed by atoms with Crippen molar-refractivity contribution in [3.8, 4) is 11.8 Å². The van der Waals surface area contributed by atoms with Gasteiger partial charge in [-0.05, 0) is 24.3 Å². The van der Waals surface area contributed by atoms with Gasteiger partial charge in [0.25, 0.3) is 5.56 Å². The van der Waals surface area contributed by atoms with E-state index in [1.807, 2.05) is 49.3 Å². The fourth-order valence-electron chi connectivity index (χ4n) is 2.68. The molecule has 0 radical (unpaired) electrons. The fraction of sp³-hybridized carbons (Fsp3) is 0.190. The maximum atomic E-state index is 12.4. The SMILES string of the molecule is CN(C)c1ccccc1C#CCNC(=O)Cn1cnc2ccccc2c1=O. The Hall–Kier alpha value is -3.59. The van der Waals surface area contributed by atoms with Crippen molar-refractivity contribution in [3.63, 3.8) is 0 Å². The van der Waals surface area contributed by atoms with E-state index in [4.69, 9.17) is 0 Å². The summed E-state index contributed by atoms with van der Waals surface area (Å²) in [4.78, 5) is 30.7. The number of amides is 1. The van der Waals surface area contributed by atoms with Gasteiger partial charge in [-0.3, -0.25) is 14.2 Å². The van der Waals surface area contributed by atoms with Crippen LogP contribution in [-0.2, 0) is 11.3 Å². The molecule has 0 aliphatic carbocycles. The van der Waals surface area contributed by atoms with Crippen LogP contribution in [0.3, 0.4) is 0 Å². The molecule has 27 heavy (non-hydrogen) atoms. The zero-order chi connectivity index (χ0) is 19.2. The average Bonchev–Trinajstić information content (AvgIpc) is 2.68. The van der Waals surface area contributed by atoms with Crippen LogP contribution in [0.15, 0.2) is 59.7 Å². The third-order valence-corrected chi connectivity index (χ3v) is 4.03. The van der Waals surface area contributed by atoms with Gasteiger partial charge in [0, 0.05) is 19.7 Å². The number of carbonyl (C=O) groups is 1. The predicted octanol–water partition coefficient (Wildman–Crippen LogP) is 1.63. The van der Waals surface area contributed by atoms with E-state index in [-0.39, 0.29) is 24.6 Å². The van der Waals surface area contributed by atoms with Crippen molar-refractivity contribution < 1.29 is 4.79 Å². The molecule has 0 fully saturated rings. The molecule has 0 spiro atoms. The molecule has 0 aliphatic heterocycles. The van der Waals surface area contributed by atoms with Crippen molar-refractivity contribution >= 4 is 22.5 Å². The van der Waals surface area contributed by atoms with Gasteiger partial charge in [0.2, 0.25) is 5.91 Å². The molecule has 0 bridgehead atoms. The second kappa shape index (κ2) is 8.19. The van der Waals surface area contributed by atoms with Gasteiger partial charge >= 0.3 is 0 Å². The molecule has 136 valence electrons. The largest absolute Gasteiger partial charge is 0.377 e. The van der Waals surface area contributed by atoms with E-state index >= 15 is 0 Å². The lowest BCUT2D eigenvalue weighted by molar-refractivity contribution is -0.121. The quantitative estimate of drug-likeness (QED) is 0.718. The highest BCUT2D eigenvalue weighted by Crippen LogP contribution is 2.16. The molecule has 6 heteroatoms. The van der Waals surface area contributed by atoms with Crippen LogP contribution in [0.2, 0.25) is 0 Å². The molecule has 0 aliphatic rings. The Bertz CT molecular complexity index is 1090. The lowest BCUT2D eigenvalue weighted by Gasteiger charge is -2.13. The Morgan fingerprint density at radius 2 is 1.89 bits per heavy atom. The standard InChI is InChI=1S/C21H20N4O2/c1-24(2)19-12-6-3-8-16(19)9-7-13-22-20(26)14-25-15-23-18-11-5-4-10-17(18)21(25)27/h3-6,8,10-12,15H,13-14H2,1-2H3,(H,22,26). The zero-order valence-electron chi connectivity index (χ0n) is 15.3. The summed E-state index contributed by atoms with van der Waals surface area (Å²) in [5.41, 5.74) is 2.29. The minimum Gasteiger partial charge on any atom is -0.377 e. The lowest BCUT2D eigenvalue weighted by atomic mass is 10.1. The molecule has 0 unspecified atom stereocenters. The van der Waals surface area contributed by atoms with Crippen molar-refractivity contribution in [1.82, 2.24) is 14.9 Å². The molecular weight excluding hydrogens is 340 g/mol. The van der Waals surface area contributed by atoms with Crippen LogP contribution >= 0.6 is 0 Å². The summed E-state index contributed by atoms with van der Waals surface area (Å²) in [5, 5.41) is 3.21. The van der Waals surface area contributed by atoms with Crippen LogP contribution in [0.25, 0.3) is 10.9 Å². The Balaban J connectivity index is 1.64. The summed E-state index contributed by atoms with van der Waals surface area (Å²) in [7, 11) is 3.91. The number of hydrogen-bond donors (Lipinski definition) is 1. The zero-order valence-corrected chi connectivity index (χ0v) is 15.3. The molecule has 0 atom stereocenters. The maximum Gasteiger partial charge on any atom is 0.261 e. The minimum absolute atomic E-state index is 0.0906. The smallest absolute Gasteiger partial charge is 0.261 e. The van der Waals surface area contributed by atoms with Gasteiger partial charge in [0.05, 0.1) is 29.5 Å². The third kappa shape index (κ3) is 4.33. The molecular formula is C21H20N4O2. The molecule has 1 N–H and O–H groups in total. The van der Waals surface area contributed by atoms with Gasteiger partial charge in [-0.15, -0.1) is 0 Å². The topological polar surface area (TPSA) is 67.2 Å². The first kappa shape index (κ1) is 18.2. The Morgan fingerprint density at radius 3 is 2.70 bits per heavy atom. The fourth-order valence-corrected chi connectivity index (χ4v) is 2.68. The summed E-state index contributed by atoms with van der Waals surface area (Å²) in [6.45, 7) is 0.114. The summed E-state index contributed by atoms with van der Waals surface area (Å²) >= 11 is 0. The second-order valence-corrected chi connectivity index (χ2v) is 6.18.